The van der Waals surface area contributed by atoms with Gasteiger partial charge < -0.3 is 11.5 Å². The van der Waals surface area contributed by atoms with E-state index in [0.29, 0.717) is 12.8 Å². The molecule has 0 aliphatic heterocycles. The zero-order valence-corrected chi connectivity index (χ0v) is 11.4. The van der Waals surface area contributed by atoms with Crippen molar-refractivity contribution >= 4 is 0 Å². The second kappa shape index (κ2) is 13.2. The van der Waals surface area contributed by atoms with Crippen molar-refractivity contribution in [2.24, 2.45) is 11.5 Å². The Morgan fingerprint density at radius 2 is 1.56 bits per heavy atom. The van der Waals surface area contributed by atoms with Crippen LogP contribution in [0.4, 0.5) is 0 Å². The lowest BCUT2D eigenvalue weighted by Gasteiger charge is -2.04. The highest BCUT2D eigenvalue weighted by molar-refractivity contribution is 5.23. The minimum Gasteiger partial charge on any atom is -0.312 e. The molecule has 4 nitrogen and oxygen atoms in total. The van der Waals surface area contributed by atoms with E-state index in [1.807, 2.05) is 57.2 Å². The van der Waals surface area contributed by atoms with Crippen LogP contribution in [0.5, 0.6) is 0 Å². The molecule has 98 valence electrons. The number of hydrogen-bond acceptors (Lipinski definition) is 4. The average molecular weight is 246 g/mol. The first-order valence-corrected chi connectivity index (χ1v) is 5.85. The molecule has 0 aliphatic rings. The Bertz CT molecular complexity index is 372. The molecular formula is C14H22N4. The van der Waals surface area contributed by atoms with E-state index >= 15 is 0 Å². The molecule has 0 radical (unpaired) electrons. The van der Waals surface area contributed by atoms with Crippen molar-refractivity contribution in [1.82, 2.24) is 0 Å². The van der Waals surface area contributed by atoms with Gasteiger partial charge in [-0.05, 0) is 12.5 Å². The Hall–Kier alpha value is -1.88. The highest BCUT2D eigenvalue weighted by atomic mass is 14.8. The van der Waals surface area contributed by atoms with Crippen LogP contribution in [0, 0.1) is 29.6 Å². The highest BCUT2D eigenvalue weighted by Gasteiger charge is 1.96. The molecule has 0 unspecified atom stereocenters. The molecule has 0 aliphatic carbocycles. The predicted molar refractivity (Wildman–Crippen MR) is 74.1 cm³/mol. The third kappa shape index (κ3) is 12.2. The van der Waals surface area contributed by atoms with Crippen molar-refractivity contribution in [2.45, 2.75) is 39.8 Å². The van der Waals surface area contributed by atoms with Crippen LogP contribution in [0.2, 0.25) is 0 Å². The van der Waals surface area contributed by atoms with Gasteiger partial charge in [-0.25, -0.2) is 0 Å². The molecule has 4 N–H and O–H groups in total. The highest BCUT2D eigenvalue weighted by Crippen LogP contribution is 2.06. The third-order valence-corrected chi connectivity index (χ3v) is 1.74. The molecule has 0 spiro atoms. The molecule has 4 heteroatoms. The second-order valence-corrected chi connectivity index (χ2v) is 3.46. The van der Waals surface area contributed by atoms with Crippen LogP contribution in [-0.4, -0.2) is 0 Å². The van der Waals surface area contributed by atoms with Crippen molar-refractivity contribution in [3.8, 4) is 12.1 Å². The van der Waals surface area contributed by atoms with Gasteiger partial charge in [0.15, 0.2) is 0 Å². The van der Waals surface area contributed by atoms with Gasteiger partial charge in [-0.2, -0.15) is 10.5 Å². The van der Waals surface area contributed by atoms with Crippen LogP contribution in [0.25, 0.3) is 0 Å². The first-order valence-electron chi connectivity index (χ1n) is 5.85. The van der Waals surface area contributed by atoms with E-state index in [-0.39, 0.29) is 6.17 Å². The van der Waals surface area contributed by atoms with Crippen LogP contribution in [0.3, 0.4) is 0 Å². The van der Waals surface area contributed by atoms with Gasteiger partial charge in [-0.1, -0.05) is 43.7 Å². The molecule has 0 saturated carbocycles. The summed E-state index contributed by atoms with van der Waals surface area (Å²) >= 11 is 0. The number of nitriles is 2. The van der Waals surface area contributed by atoms with Crippen LogP contribution in [-0.2, 0) is 0 Å². The van der Waals surface area contributed by atoms with Crippen molar-refractivity contribution in [3.63, 3.8) is 0 Å². The minimum absolute atomic E-state index is 0.347. The maximum absolute atomic E-state index is 7.62. The minimum atomic E-state index is -0.347. The van der Waals surface area contributed by atoms with Gasteiger partial charge in [0, 0.05) is 12.8 Å². The molecular weight excluding hydrogens is 224 g/mol. The predicted octanol–water partition coefficient (Wildman–Crippen LogP) is 2.75. The number of aryl methyl sites for hydroxylation is 1. The Labute approximate surface area is 110 Å². The molecule has 0 aromatic heterocycles. The lowest BCUT2D eigenvalue weighted by molar-refractivity contribution is 0.773. The standard InChI is InChI=1S/C8H12N2.2C3H5N/c1-6-3-2-4-7(5-6)8(9)10;2*1-2-3-4/h2-5,8H,9-10H2,1H3;2*2H2,1H3. The molecule has 18 heavy (non-hydrogen) atoms. The first kappa shape index (κ1) is 18.5. The zero-order valence-electron chi connectivity index (χ0n) is 11.4. The molecule has 1 aromatic carbocycles. The molecule has 0 bridgehead atoms. The second-order valence-electron chi connectivity index (χ2n) is 3.46. The van der Waals surface area contributed by atoms with Crippen molar-refractivity contribution in [1.29, 1.82) is 10.5 Å². The van der Waals surface area contributed by atoms with Crippen LogP contribution in [0.15, 0.2) is 24.3 Å². The number of nitrogens with zero attached hydrogens (tertiary/aromatic N) is 2. The summed E-state index contributed by atoms with van der Waals surface area (Å²) in [5, 5.41) is 15.2. The quantitative estimate of drug-likeness (QED) is 0.744. The van der Waals surface area contributed by atoms with E-state index in [9.17, 15) is 0 Å². The molecule has 0 fully saturated rings. The summed E-state index contributed by atoms with van der Waals surface area (Å²) in [7, 11) is 0. The van der Waals surface area contributed by atoms with E-state index in [0.717, 1.165) is 5.56 Å². The summed E-state index contributed by atoms with van der Waals surface area (Å²) in [5.41, 5.74) is 13.1. The average Bonchev–Trinajstić information content (AvgIpc) is 2.39. The molecule has 1 aromatic rings. The number of hydrogen-bond donors (Lipinski definition) is 2. The summed E-state index contributed by atoms with van der Waals surface area (Å²) in [4.78, 5) is 0. The van der Waals surface area contributed by atoms with Gasteiger partial charge >= 0.3 is 0 Å². The lowest BCUT2D eigenvalue weighted by Crippen LogP contribution is -2.19. The first-order chi connectivity index (χ1) is 8.53. The molecule has 0 atom stereocenters. The maximum atomic E-state index is 7.62. The SMILES string of the molecule is CCC#N.CCC#N.Cc1cccc(C(N)N)c1. The van der Waals surface area contributed by atoms with E-state index in [2.05, 4.69) is 0 Å². The van der Waals surface area contributed by atoms with E-state index in [4.69, 9.17) is 22.0 Å². The normalized spacial score (nSPS) is 8.00. The Balaban J connectivity index is 0. The maximum Gasteiger partial charge on any atom is 0.0784 e. The topological polar surface area (TPSA) is 99.6 Å². The fourth-order valence-corrected chi connectivity index (χ4v) is 0.877. The van der Waals surface area contributed by atoms with Gasteiger partial charge in [0.25, 0.3) is 0 Å². The van der Waals surface area contributed by atoms with E-state index < -0.39 is 0 Å². The fourth-order valence-electron chi connectivity index (χ4n) is 0.877. The summed E-state index contributed by atoms with van der Waals surface area (Å²) < 4.78 is 0. The Morgan fingerprint density at radius 1 is 1.11 bits per heavy atom. The summed E-state index contributed by atoms with van der Waals surface area (Å²) in [6.45, 7) is 5.66. The van der Waals surface area contributed by atoms with Crippen molar-refractivity contribution in [3.05, 3.63) is 35.4 Å². The number of nitrogens with two attached hydrogens (primary N) is 2. The smallest absolute Gasteiger partial charge is 0.0784 e. The third-order valence-electron chi connectivity index (χ3n) is 1.74. The van der Waals surface area contributed by atoms with Gasteiger partial charge in [0.1, 0.15) is 0 Å². The van der Waals surface area contributed by atoms with Gasteiger partial charge in [0.2, 0.25) is 0 Å². The zero-order chi connectivity index (χ0) is 14.4. The summed E-state index contributed by atoms with van der Waals surface area (Å²) in [6, 6.07) is 11.8. The molecule has 0 amide bonds. The van der Waals surface area contributed by atoms with Crippen LogP contribution in [0.1, 0.15) is 44.0 Å². The van der Waals surface area contributed by atoms with E-state index in [1.54, 1.807) is 0 Å². The monoisotopic (exact) mass is 246 g/mol. The summed E-state index contributed by atoms with van der Waals surface area (Å²) in [5.74, 6) is 0. The van der Waals surface area contributed by atoms with Crippen LogP contribution < -0.4 is 11.5 Å². The summed E-state index contributed by atoms with van der Waals surface area (Å²) in [6.07, 6.45) is 0.903. The lowest BCUT2D eigenvalue weighted by atomic mass is 10.1. The van der Waals surface area contributed by atoms with Crippen LogP contribution >= 0.6 is 0 Å². The molecule has 0 heterocycles. The van der Waals surface area contributed by atoms with E-state index in [1.165, 1.54) is 5.56 Å². The van der Waals surface area contributed by atoms with Crippen molar-refractivity contribution < 1.29 is 0 Å². The molecule has 1 rings (SSSR count). The number of benzene rings is 1. The Morgan fingerprint density at radius 3 is 1.78 bits per heavy atom. The molecule has 0 saturated heterocycles. The fraction of sp³-hybridized carbons (Fsp3) is 0.429. The van der Waals surface area contributed by atoms with Gasteiger partial charge in [0.05, 0.1) is 18.3 Å². The van der Waals surface area contributed by atoms with Crippen molar-refractivity contribution in [2.75, 3.05) is 0 Å². The Kier molecular flexibility index (Phi) is 13.5. The van der Waals surface area contributed by atoms with Gasteiger partial charge in [-0.15, -0.1) is 0 Å². The largest absolute Gasteiger partial charge is 0.312 e. The van der Waals surface area contributed by atoms with Gasteiger partial charge in [-0.3, -0.25) is 0 Å². The number of rotatable bonds is 1.